The Balaban J connectivity index is 1.96. The zero-order valence-electron chi connectivity index (χ0n) is 11.4. The monoisotopic (exact) mass is 252 g/mol. The largest absolute Gasteiger partial charge is 0.301 e. The average molecular weight is 252 g/mol. The number of rotatable bonds is 3. The van der Waals surface area contributed by atoms with E-state index in [2.05, 4.69) is 43.8 Å². The first kappa shape index (κ1) is 13.0. The van der Waals surface area contributed by atoms with Gasteiger partial charge in [0.15, 0.2) is 0 Å². The SMILES string of the molecule is CC(C)c1cnc(C2CCN(C(C)C)CC2)s1. The summed E-state index contributed by atoms with van der Waals surface area (Å²) >= 11 is 1.93. The number of nitrogens with zero attached hydrogens (tertiary/aromatic N) is 2. The van der Waals surface area contributed by atoms with Gasteiger partial charge in [-0.25, -0.2) is 4.98 Å². The average Bonchev–Trinajstić information content (AvgIpc) is 2.78. The van der Waals surface area contributed by atoms with Crippen LogP contribution in [-0.4, -0.2) is 29.0 Å². The van der Waals surface area contributed by atoms with Crippen molar-refractivity contribution in [2.45, 2.75) is 58.4 Å². The van der Waals surface area contributed by atoms with Crippen LogP contribution in [0.25, 0.3) is 0 Å². The summed E-state index contributed by atoms with van der Waals surface area (Å²) in [6.07, 6.45) is 4.64. The third-order valence-electron chi connectivity index (χ3n) is 3.72. The number of aromatic nitrogens is 1. The van der Waals surface area contributed by atoms with Crippen molar-refractivity contribution >= 4 is 11.3 Å². The summed E-state index contributed by atoms with van der Waals surface area (Å²) in [5.41, 5.74) is 0. The maximum Gasteiger partial charge on any atom is 0.0959 e. The fraction of sp³-hybridized carbons (Fsp3) is 0.786. The second-order valence-electron chi connectivity index (χ2n) is 5.66. The van der Waals surface area contributed by atoms with Gasteiger partial charge in [0.25, 0.3) is 0 Å². The van der Waals surface area contributed by atoms with Gasteiger partial charge in [0.2, 0.25) is 0 Å². The van der Waals surface area contributed by atoms with Crippen LogP contribution < -0.4 is 0 Å². The van der Waals surface area contributed by atoms with Gasteiger partial charge in [-0.1, -0.05) is 13.8 Å². The molecule has 96 valence electrons. The Morgan fingerprint density at radius 1 is 1.24 bits per heavy atom. The lowest BCUT2D eigenvalue weighted by Crippen LogP contribution is -2.37. The first-order valence-electron chi connectivity index (χ1n) is 6.77. The second-order valence-corrected chi connectivity index (χ2v) is 6.75. The molecule has 2 nitrogen and oxygen atoms in total. The molecule has 0 amide bonds. The minimum Gasteiger partial charge on any atom is -0.301 e. The fourth-order valence-electron chi connectivity index (χ4n) is 2.42. The highest BCUT2D eigenvalue weighted by molar-refractivity contribution is 7.11. The van der Waals surface area contributed by atoms with Crippen LogP contribution in [-0.2, 0) is 0 Å². The van der Waals surface area contributed by atoms with Crippen molar-refractivity contribution in [3.63, 3.8) is 0 Å². The van der Waals surface area contributed by atoms with E-state index in [1.165, 1.54) is 35.8 Å². The summed E-state index contributed by atoms with van der Waals surface area (Å²) in [6, 6.07) is 0.693. The van der Waals surface area contributed by atoms with Crippen LogP contribution in [0.15, 0.2) is 6.20 Å². The number of thiazole rings is 1. The van der Waals surface area contributed by atoms with Crippen LogP contribution in [0.3, 0.4) is 0 Å². The highest BCUT2D eigenvalue weighted by Crippen LogP contribution is 2.33. The molecule has 1 aromatic heterocycles. The minimum absolute atomic E-state index is 0.622. The van der Waals surface area contributed by atoms with E-state index in [9.17, 15) is 0 Å². The lowest BCUT2D eigenvalue weighted by atomic mass is 9.97. The normalized spacial score (nSPS) is 19.4. The Hall–Kier alpha value is -0.410. The third-order valence-corrected chi connectivity index (χ3v) is 5.18. The molecule has 1 saturated heterocycles. The van der Waals surface area contributed by atoms with Gasteiger partial charge in [-0.2, -0.15) is 0 Å². The predicted octanol–water partition coefficient (Wildman–Crippen LogP) is 3.85. The molecule has 1 fully saturated rings. The summed E-state index contributed by atoms with van der Waals surface area (Å²) < 4.78 is 0. The maximum absolute atomic E-state index is 4.63. The lowest BCUT2D eigenvalue weighted by molar-refractivity contribution is 0.172. The molecular weight excluding hydrogens is 228 g/mol. The zero-order chi connectivity index (χ0) is 12.4. The van der Waals surface area contributed by atoms with Gasteiger partial charge in [0.1, 0.15) is 0 Å². The van der Waals surface area contributed by atoms with E-state index in [0.717, 1.165) is 0 Å². The van der Waals surface area contributed by atoms with Gasteiger partial charge in [0, 0.05) is 23.0 Å². The highest BCUT2D eigenvalue weighted by atomic mass is 32.1. The molecule has 0 radical (unpaired) electrons. The Labute approximate surface area is 109 Å². The van der Waals surface area contributed by atoms with Crippen LogP contribution >= 0.6 is 11.3 Å². The first-order valence-corrected chi connectivity index (χ1v) is 7.59. The zero-order valence-corrected chi connectivity index (χ0v) is 12.3. The van der Waals surface area contributed by atoms with E-state index < -0.39 is 0 Å². The van der Waals surface area contributed by atoms with Crippen molar-refractivity contribution in [2.24, 2.45) is 0 Å². The number of hydrogen-bond donors (Lipinski definition) is 0. The third kappa shape index (κ3) is 3.08. The molecule has 0 bridgehead atoms. The molecule has 0 aromatic carbocycles. The maximum atomic E-state index is 4.63. The Bertz CT molecular complexity index is 349. The first-order chi connectivity index (χ1) is 8.08. The summed E-state index contributed by atoms with van der Waals surface area (Å²) in [6.45, 7) is 11.6. The molecule has 0 aliphatic carbocycles. The van der Waals surface area contributed by atoms with E-state index in [1.54, 1.807) is 0 Å². The summed E-state index contributed by atoms with van der Waals surface area (Å²) in [4.78, 5) is 8.64. The molecule has 0 saturated carbocycles. The Kier molecular flexibility index (Phi) is 4.21. The molecule has 0 unspecified atom stereocenters. The van der Waals surface area contributed by atoms with Crippen LogP contribution in [0.1, 0.15) is 62.3 Å². The molecule has 0 N–H and O–H groups in total. The van der Waals surface area contributed by atoms with Gasteiger partial charge >= 0.3 is 0 Å². The van der Waals surface area contributed by atoms with E-state index >= 15 is 0 Å². The number of hydrogen-bond acceptors (Lipinski definition) is 3. The second kappa shape index (κ2) is 5.49. The van der Waals surface area contributed by atoms with Gasteiger partial charge in [-0.3, -0.25) is 0 Å². The quantitative estimate of drug-likeness (QED) is 0.812. The smallest absolute Gasteiger partial charge is 0.0959 e. The highest BCUT2D eigenvalue weighted by Gasteiger charge is 2.24. The van der Waals surface area contributed by atoms with E-state index in [1.807, 2.05) is 11.3 Å². The van der Waals surface area contributed by atoms with Crippen LogP contribution in [0, 0.1) is 0 Å². The Morgan fingerprint density at radius 3 is 2.35 bits per heavy atom. The molecular formula is C14H24N2S. The van der Waals surface area contributed by atoms with Crippen molar-refractivity contribution in [1.29, 1.82) is 0 Å². The van der Waals surface area contributed by atoms with Crippen LogP contribution in [0.2, 0.25) is 0 Å². The summed E-state index contributed by atoms with van der Waals surface area (Å²) in [7, 11) is 0. The van der Waals surface area contributed by atoms with Crippen molar-refractivity contribution in [1.82, 2.24) is 9.88 Å². The van der Waals surface area contributed by atoms with Crippen molar-refractivity contribution in [2.75, 3.05) is 13.1 Å². The van der Waals surface area contributed by atoms with Gasteiger partial charge in [-0.15, -0.1) is 11.3 Å². The van der Waals surface area contributed by atoms with Crippen LogP contribution in [0.4, 0.5) is 0 Å². The molecule has 1 aliphatic rings. The molecule has 0 atom stereocenters. The van der Waals surface area contributed by atoms with Gasteiger partial charge in [-0.05, 0) is 45.7 Å². The predicted molar refractivity (Wildman–Crippen MR) is 74.9 cm³/mol. The standard InChI is InChI=1S/C14H24N2S/c1-10(2)13-9-15-14(17-13)12-5-7-16(8-6-12)11(3)4/h9-12H,5-8H2,1-4H3. The Morgan fingerprint density at radius 2 is 1.88 bits per heavy atom. The summed E-state index contributed by atoms with van der Waals surface area (Å²) in [5, 5.41) is 1.37. The topological polar surface area (TPSA) is 16.1 Å². The van der Waals surface area contributed by atoms with E-state index in [4.69, 9.17) is 0 Å². The number of likely N-dealkylation sites (tertiary alicyclic amines) is 1. The van der Waals surface area contributed by atoms with Crippen molar-refractivity contribution in [3.05, 3.63) is 16.1 Å². The molecule has 1 aliphatic heterocycles. The van der Waals surface area contributed by atoms with Crippen molar-refractivity contribution < 1.29 is 0 Å². The molecule has 1 aromatic rings. The number of piperidine rings is 1. The molecule has 17 heavy (non-hydrogen) atoms. The van der Waals surface area contributed by atoms with E-state index in [0.29, 0.717) is 17.9 Å². The molecule has 2 rings (SSSR count). The summed E-state index contributed by atoms with van der Waals surface area (Å²) in [5.74, 6) is 1.33. The van der Waals surface area contributed by atoms with Gasteiger partial charge in [0.05, 0.1) is 5.01 Å². The lowest BCUT2D eigenvalue weighted by Gasteiger charge is -2.33. The van der Waals surface area contributed by atoms with Crippen LogP contribution in [0.5, 0.6) is 0 Å². The van der Waals surface area contributed by atoms with E-state index in [-0.39, 0.29) is 0 Å². The fourth-order valence-corrected chi connectivity index (χ4v) is 3.51. The molecule has 2 heterocycles. The van der Waals surface area contributed by atoms with Crippen molar-refractivity contribution in [3.8, 4) is 0 Å². The van der Waals surface area contributed by atoms with Gasteiger partial charge < -0.3 is 4.90 Å². The molecule has 3 heteroatoms. The minimum atomic E-state index is 0.622. The molecule has 0 spiro atoms.